The third-order valence-corrected chi connectivity index (χ3v) is 3.09. The molecule has 0 aliphatic carbocycles. The summed E-state index contributed by atoms with van der Waals surface area (Å²) in [6, 6.07) is 1.30. The molecule has 1 aromatic heterocycles. The first-order chi connectivity index (χ1) is 8.56. The van der Waals surface area contributed by atoms with E-state index in [2.05, 4.69) is 22.4 Å². The minimum absolute atomic E-state index is 0.107. The number of halogens is 1. The summed E-state index contributed by atoms with van der Waals surface area (Å²) in [4.78, 5) is 16.2. The van der Waals surface area contributed by atoms with Gasteiger partial charge in [-0.05, 0) is 7.05 Å². The van der Waals surface area contributed by atoms with Crippen LogP contribution in [0.5, 0.6) is 0 Å². The Kier molecular flexibility index (Phi) is 3.95. The summed E-state index contributed by atoms with van der Waals surface area (Å²) in [6.07, 6.45) is 1.20. The van der Waals surface area contributed by atoms with Gasteiger partial charge in [-0.15, -0.1) is 0 Å². The minimum Gasteiger partial charge on any atom is -0.304 e. The maximum absolute atomic E-state index is 10.6. The fourth-order valence-corrected chi connectivity index (χ4v) is 1.88. The van der Waals surface area contributed by atoms with Crippen LogP contribution in [0.4, 0.5) is 11.5 Å². The topological polar surface area (TPSA) is 74.5 Å². The molecule has 1 aromatic rings. The molecule has 2 heterocycles. The number of nitro groups is 1. The number of pyridine rings is 1. The molecule has 1 aliphatic rings. The second-order valence-electron chi connectivity index (χ2n) is 4.18. The minimum atomic E-state index is -0.515. The summed E-state index contributed by atoms with van der Waals surface area (Å²) in [5, 5.41) is 12.8. The summed E-state index contributed by atoms with van der Waals surface area (Å²) in [5.74, 6) is 0.451. The molecule has 98 valence electrons. The lowest BCUT2D eigenvalue weighted by Crippen LogP contribution is -2.47. The molecule has 0 bridgehead atoms. The molecule has 18 heavy (non-hydrogen) atoms. The largest absolute Gasteiger partial charge is 0.304 e. The Morgan fingerprint density at radius 1 is 1.44 bits per heavy atom. The van der Waals surface area contributed by atoms with Crippen LogP contribution in [0.1, 0.15) is 0 Å². The molecule has 0 aromatic carbocycles. The van der Waals surface area contributed by atoms with Gasteiger partial charge >= 0.3 is 0 Å². The Morgan fingerprint density at radius 2 is 2.11 bits per heavy atom. The number of rotatable bonds is 3. The Hall–Kier alpha value is -1.44. The van der Waals surface area contributed by atoms with E-state index in [-0.39, 0.29) is 10.7 Å². The SMILES string of the molecule is CN1CCN(Nc2ncc([N+](=O)[O-])cc2Cl)CC1. The number of piperazine rings is 1. The smallest absolute Gasteiger partial charge is 0.289 e. The number of nitrogens with zero attached hydrogens (tertiary/aromatic N) is 4. The fraction of sp³-hybridized carbons (Fsp3) is 0.500. The number of nitrogens with one attached hydrogen (secondary N) is 1. The van der Waals surface area contributed by atoms with E-state index in [0.717, 1.165) is 26.2 Å². The van der Waals surface area contributed by atoms with Gasteiger partial charge in [-0.1, -0.05) is 11.6 Å². The van der Waals surface area contributed by atoms with Gasteiger partial charge in [-0.25, -0.2) is 9.99 Å². The number of anilines is 1. The van der Waals surface area contributed by atoms with Crippen LogP contribution in [0.15, 0.2) is 12.3 Å². The molecule has 0 saturated carbocycles. The highest BCUT2D eigenvalue weighted by Gasteiger charge is 2.16. The van der Waals surface area contributed by atoms with E-state index >= 15 is 0 Å². The maximum Gasteiger partial charge on any atom is 0.289 e. The predicted octanol–water partition coefficient (Wildman–Crippen LogP) is 1.22. The van der Waals surface area contributed by atoms with Crippen molar-refractivity contribution in [2.24, 2.45) is 0 Å². The zero-order valence-electron chi connectivity index (χ0n) is 9.97. The second-order valence-corrected chi connectivity index (χ2v) is 4.59. The number of hydrogen-bond donors (Lipinski definition) is 1. The lowest BCUT2D eigenvalue weighted by atomic mass is 10.4. The molecule has 0 unspecified atom stereocenters. The van der Waals surface area contributed by atoms with Gasteiger partial charge < -0.3 is 10.3 Å². The molecular weight excluding hydrogens is 258 g/mol. The molecule has 8 heteroatoms. The Balaban J connectivity index is 2.03. The van der Waals surface area contributed by atoms with Gasteiger partial charge in [0.25, 0.3) is 5.69 Å². The van der Waals surface area contributed by atoms with Crippen molar-refractivity contribution < 1.29 is 4.92 Å². The van der Waals surface area contributed by atoms with Gasteiger partial charge in [-0.3, -0.25) is 10.1 Å². The number of hydrazine groups is 1. The first-order valence-electron chi connectivity index (χ1n) is 5.56. The van der Waals surface area contributed by atoms with Gasteiger partial charge in [0, 0.05) is 32.2 Å². The van der Waals surface area contributed by atoms with Crippen molar-refractivity contribution in [3.8, 4) is 0 Å². The van der Waals surface area contributed by atoms with Crippen molar-refractivity contribution in [1.29, 1.82) is 0 Å². The van der Waals surface area contributed by atoms with Crippen molar-refractivity contribution in [2.45, 2.75) is 0 Å². The Labute approximate surface area is 109 Å². The van der Waals surface area contributed by atoms with E-state index in [1.54, 1.807) is 0 Å². The molecule has 1 aliphatic heterocycles. The fourth-order valence-electron chi connectivity index (χ4n) is 1.68. The molecule has 0 radical (unpaired) electrons. The molecule has 0 atom stereocenters. The third kappa shape index (κ3) is 3.06. The summed E-state index contributed by atoms with van der Waals surface area (Å²) in [5.41, 5.74) is 2.97. The zero-order chi connectivity index (χ0) is 13.1. The monoisotopic (exact) mass is 271 g/mol. The molecule has 1 fully saturated rings. The summed E-state index contributed by atoms with van der Waals surface area (Å²) in [7, 11) is 2.06. The van der Waals surface area contributed by atoms with E-state index in [0.29, 0.717) is 5.82 Å². The van der Waals surface area contributed by atoms with Gasteiger partial charge in [0.15, 0.2) is 5.82 Å². The van der Waals surface area contributed by atoms with Crippen LogP contribution < -0.4 is 5.43 Å². The van der Waals surface area contributed by atoms with Gasteiger partial charge in [0.05, 0.1) is 9.95 Å². The molecule has 0 amide bonds. The molecule has 1 N–H and O–H groups in total. The quantitative estimate of drug-likeness (QED) is 0.658. The van der Waals surface area contributed by atoms with Crippen LogP contribution in [-0.4, -0.2) is 53.0 Å². The lowest BCUT2D eigenvalue weighted by molar-refractivity contribution is -0.385. The van der Waals surface area contributed by atoms with Crippen molar-refractivity contribution in [1.82, 2.24) is 14.9 Å². The third-order valence-electron chi connectivity index (χ3n) is 2.80. The first-order valence-corrected chi connectivity index (χ1v) is 5.94. The van der Waals surface area contributed by atoms with Crippen LogP contribution in [-0.2, 0) is 0 Å². The standard InChI is InChI=1S/C10H14ClN5O2/c1-14-2-4-15(5-3-14)13-10-9(11)6-8(7-12-10)16(17)18/h6-7H,2-5H2,1H3,(H,12,13). The number of aromatic nitrogens is 1. The summed E-state index contributed by atoms with van der Waals surface area (Å²) < 4.78 is 0. The number of likely N-dealkylation sites (N-methyl/N-ethyl adjacent to an activating group) is 1. The van der Waals surface area contributed by atoms with E-state index in [1.165, 1.54) is 12.3 Å². The van der Waals surface area contributed by atoms with Crippen LogP contribution >= 0.6 is 11.6 Å². The zero-order valence-corrected chi connectivity index (χ0v) is 10.7. The van der Waals surface area contributed by atoms with E-state index in [4.69, 9.17) is 11.6 Å². The van der Waals surface area contributed by atoms with Crippen LogP contribution in [0.25, 0.3) is 0 Å². The average molecular weight is 272 g/mol. The maximum atomic E-state index is 10.6. The van der Waals surface area contributed by atoms with Gasteiger partial charge in [0.2, 0.25) is 0 Å². The van der Waals surface area contributed by atoms with Crippen LogP contribution in [0, 0.1) is 10.1 Å². The highest BCUT2D eigenvalue weighted by atomic mass is 35.5. The van der Waals surface area contributed by atoms with Gasteiger partial charge in [0.1, 0.15) is 6.20 Å². The molecule has 7 nitrogen and oxygen atoms in total. The van der Waals surface area contributed by atoms with Crippen molar-refractivity contribution in [3.05, 3.63) is 27.4 Å². The van der Waals surface area contributed by atoms with Crippen molar-refractivity contribution in [3.63, 3.8) is 0 Å². The first kappa shape index (κ1) is 13.0. The predicted molar refractivity (Wildman–Crippen MR) is 68.6 cm³/mol. The molecule has 2 rings (SSSR count). The highest BCUT2D eigenvalue weighted by Crippen LogP contribution is 2.24. The van der Waals surface area contributed by atoms with E-state index in [9.17, 15) is 10.1 Å². The Morgan fingerprint density at radius 3 is 2.67 bits per heavy atom. The average Bonchev–Trinajstić information content (AvgIpc) is 2.34. The van der Waals surface area contributed by atoms with Crippen molar-refractivity contribution in [2.75, 3.05) is 38.7 Å². The molecule has 0 spiro atoms. The summed E-state index contributed by atoms with van der Waals surface area (Å²) >= 11 is 5.95. The van der Waals surface area contributed by atoms with Crippen LogP contribution in [0.2, 0.25) is 5.02 Å². The normalized spacial score (nSPS) is 17.7. The number of hydrogen-bond acceptors (Lipinski definition) is 6. The molecule has 1 saturated heterocycles. The molecular formula is C10H14ClN5O2. The summed E-state index contributed by atoms with van der Waals surface area (Å²) in [6.45, 7) is 3.62. The van der Waals surface area contributed by atoms with E-state index < -0.39 is 4.92 Å². The van der Waals surface area contributed by atoms with E-state index in [1.807, 2.05) is 5.01 Å². The van der Waals surface area contributed by atoms with Gasteiger partial charge in [-0.2, -0.15) is 0 Å². The Bertz CT molecular complexity index is 448. The van der Waals surface area contributed by atoms with Crippen molar-refractivity contribution >= 4 is 23.1 Å². The lowest BCUT2D eigenvalue weighted by Gasteiger charge is -2.32. The van der Waals surface area contributed by atoms with Crippen LogP contribution in [0.3, 0.4) is 0 Å². The highest BCUT2D eigenvalue weighted by molar-refractivity contribution is 6.33. The second kappa shape index (κ2) is 5.47.